The number of nitrogen functional groups attached to an aromatic ring is 1. The maximum Gasteiger partial charge on any atom is 0.177 e. The number of rotatable bonds is 3. The largest absolute Gasteiger partial charge is 0.382 e. The van der Waals surface area contributed by atoms with Gasteiger partial charge in [-0.1, -0.05) is 0 Å². The Hall–Kier alpha value is -2.67. The van der Waals surface area contributed by atoms with E-state index in [-0.39, 0.29) is 0 Å². The first-order valence-corrected chi connectivity index (χ1v) is 8.69. The van der Waals surface area contributed by atoms with Crippen LogP contribution in [-0.2, 0) is 0 Å². The van der Waals surface area contributed by atoms with E-state index in [0.29, 0.717) is 17.8 Å². The smallest absolute Gasteiger partial charge is 0.177 e. The van der Waals surface area contributed by atoms with Crippen LogP contribution in [0.2, 0.25) is 0 Å². The molecule has 5 N–H and O–H groups in total. The fourth-order valence-corrected chi connectivity index (χ4v) is 3.46. The van der Waals surface area contributed by atoms with Crippen LogP contribution in [0.4, 0.5) is 17.3 Å². The fraction of sp³-hybridized carbons (Fsp3) is 0.389. The van der Waals surface area contributed by atoms with Crippen molar-refractivity contribution in [2.75, 3.05) is 11.1 Å². The molecule has 7 heteroatoms. The van der Waals surface area contributed by atoms with Crippen LogP contribution in [0.3, 0.4) is 0 Å². The van der Waals surface area contributed by atoms with Crippen LogP contribution in [0, 0.1) is 6.92 Å². The van der Waals surface area contributed by atoms with Gasteiger partial charge in [-0.2, -0.15) is 0 Å². The van der Waals surface area contributed by atoms with E-state index >= 15 is 0 Å². The quantitative estimate of drug-likeness (QED) is 0.678. The van der Waals surface area contributed by atoms with Crippen molar-refractivity contribution < 1.29 is 0 Å². The van der Waals surface area contributed by atoms with Crippen molar-refractivity contribution in [1.82, 2.24) is 19.6 Å². The van der Waals surface area contributed by atoms with Crippen molar-refractivity contribution in [3.05, 3.63) is 41.9 Å². The Morgan fingerprint density at radius 2 is 2.00 bits per heavy atom. The van der Waals surface area contributed by atoms with Crippen LogP contribution in [0.1, 0.15) is 42.9 Å². The molecule has 0 saturated heterocycles. The second-order valence-corrected chi connectivity index (χ2v) is 6.87. The zero-order valence-corrected chi connectivity index (χ0v) is 14.3. The molecule has 1 fully saturated rings. The molecule has 0 aliphatic heterocycles. The second-order valence-electron chi connectivity index (χ2n) is 6.87. The Bertz CT molecular complexity index is 894. The molecule has 3 aromatic rings. The number of fused-ring (bicyclic) bond motifs is 1. The lowest BCUT2D eigenvalue weighted by Crippen LogP contribution is -2.25. The van der Waals surface area contributed by atoms with Crippen LogP contribution in [0.15, 0.2) is 30.6 Å². The second kappa shape index (κ2) is 6.33. The van der Waals surface area contributed by atoms with Gasteiger partial charge in [0, 0.05) is 24.2 Å². The molecule has 0 radical (unpaired) electrons. The summed E-state index contributed by atoms with van der Waals surface area (Å²) in [4.78, 5) is 9.19. The number of anilines is 3. The Labute approximate surface area is 146 Å². The number of aromatic nitrogens is 4. The van der Waals surface area contributed by atoms with Gasteiger partial charge in [-0.25, -0.2) is 14.5 Å². The Morgan fingerprint density at radius 3 is 2.76 bits per heavy atom. The number of hydrogen-bond acceptors (Lipinski definition) is 6. The van der Waals surface area contributed by atoms with E-state index in [0.717, 1.165) is 54.1 Å². The third-order valence-electron chi connectivity index (χ3n) is 4.83. The SMILES string of the molecule is Cc1ccnc(Nc2cc(N)nn3cc(C4CCC(N)CC4)nc23)c1. The van der Waals surface area contributed by atoms with Crippen LogP contribution in [0.25, 0.3) is 5.65 Å². The van der Waals surface area contributed by atoms with Gasteiger partial charge in [-0.05, 0) is 50.3 Å². The van der Waals surface area contributed by atoms with Gasteiger partial charge in [-0.15, -0.1) is 5.10 Å². The highest BCUT2D eigenvalue weighted by atomic mass is 15.3. The Kier molecular flexibility index (Phi) is 4.01. The minimum Gasteiger partial charge on any atom is -0.382 e. The maximum atomic E-state index is 6.02. The molecule has 1 aliphatic carbocycles. The first-order chi connectivity index (χ1) is 12.1. The highest BCUT2D eigenvalue weighted by Crippen LogP contribution is 2.33. The van der Waals surface area contributed by atoms with Crippen molar-refractivity contribution in [2.24, 2.45) is 5.73 Å². The van der Waals surface area contributed by atoms with Crippen molar-refractivity contribution >= 4 is 23.0 Å². The number of imidazole rings is 1. The van der Waals surface area contributed by atoms with Gasteiger partial charge in [-0.3, -0.25) is 0 Å². The molecule has 0 aromatic carbocycles. The molecular weight excluding hydrogens is 314 g/mol. The number of nitrogens with two attached hydrogens (primary N) is 2. The van der Waals surface area contributed by atoms with Crippen LogP contribution < -0.4 is 16.8 Å². The Balaban J connectivity index is 1.69. The molecule has 130 valence electrons. The van der Waals surface area contributed by atoms with E-state index in [9.17, 15) is 0 Å². The van der Waals surface area contributed by atoms with Gasteiger partial charge in [0.15, 0.2) is 5.65 Å². The average Bonchev–Trinajstić information content (AvgIpc) is 2.99. The lowest BCUT2D eigenvalue weighted by Gasteiger charge is -2.24. The number of pyridine rings is 1. The molecule has 0 bridgehead atoms. The predicted molar refractivity (Wildman–Crippen MR) is 98.8 cm³/mol. The van der Waals surface area contributed by atoms with E-state index in [4.69, 9.17) is 16.5 Å². The summed E-state index contributed by atoms with van der Waals surface area (Å²) >= 11 is 0. The summed E-state index contributed by atoms with van der Waals surface area (Å²) in [5.41, 5.74) is 15.8. The van der Waals surface area contributed by atoms with Crippen molar-refractivity contribution in [1.29, 1.82) is 0 Å². The van der Waals surface area contributed by atoms with E-state index < -0.39 is 0 Å². The molecule has 0 atom stereocenters. The number of hydrogen-bond donors (Lipinski definition) is 3. The molecule has 0 amide bonds. The Morgan fingerprint density at radius 1 is 1.20 bits per heavy atom. The third kappa shape index (κ3) is 3.28. The zero-order valence-electron chi connectivity index (χ0n) is 14.3. The van der Waals surface area contributed by atoms with E-state index in [2.05, 4.69) is 15.4 Å². The summed E-state index contributed by atoms with van der Waals surface area (Å²) in [7, 11) is 0. The summed E-state index contributed by atoms with van der Waals surface area (Å²) in [5, 5.41) is 7.69. The summed E-state index contributed by atoms with van der Waals surface area (Å²) in [6.07, 6.45) is 8.01. The van der Waals surface area contributed by atoms with Gasteiger partial charge in [0.2, 0.25) is 0 Å². The molecule has 4 rings (SSSR count). The topological polar surface area (TPSA) is 107 Å². The normalized spacial score (nSPS) is 20.7. The molecule has 25 heavy (non-hydrogen) atoms. The number of aryl methyl sites for hydroxylation is 1. The number of nitrogens with one attached hydrogen (secondary N) is 1. The number of nitrogens with zero attached hydrogens (tertiary/aromatic N) is 4. The van der Waals surface area contributed by atoms with Crippen molar-refractivity contribution in [3.8, 4) is 0 Å². The van der Waals surface area contributed by atoms with Gasteiger partial charge < -0.3 is 16.8 Å². The minimum absolute atomic E-state index is 0.326. The molecule has 3 aromatic heterocycles. The highest BCUT2D eigenvalue weighted by Gasteiger charge is 2.23. The molecule has 1 saturated carbocycles. The summed E-state index contributed by atoms with van der Waals surface area (Å²) in [6, 6.07) is 6.07. The van der Waals surface area contributed by atoms with Crippen LogP contribution in [0.5, 0.6) is 0 Å². The molecule has 0 spiro atoms. The lowest BCUT2D eigenvalue weighted by molar-refractivity contribution is 0.391. The van der Waals surface area contributed by atoms with E-state index in [1.54, 1.807) is 16.8 Å². The van der Waals surface area contributed by atoms with Crippen LogP contribution in [-0.4, -0.2) is 25.6 Å². The van der Waals surface area contributed by atoms with Crippen LogP contribution >= 0.6 is 0 Å². The van der Waals surface area contributed by atoms with E-state index in [1.807, 2.05) is 25.3 Å². The summed E-state index contributed by atoms with van der Waals surface area (Å²) < 4.78 is 1.76. The average molecular weight is 337 g/mol. The maximum absolute atomic E-state index is 6.02. The van der Waals surface area contributed by atoms with Gasteiger partial charge >= 0.3 is 0 Å². The lowest BCUT2D eigenvalue weighted by atomic mass is 9.85. The molecule has 0 unspecified atom stereocenters. The third-order valence-corrected chi connectivity index (χ3v) is 4.83. The van der Waals surface area contributed by atoms with E-state index in [1.165, 1.54) is 0 Å². The van der Waals surface area contributed by atoms with Gasteiger partial charge in [0.05, 0.1) is 17.6 Å². The molecular formula is C18H23N7. The fourth-order valence-electron chi connectivity index (χ4n) is 3.46. The standard InChI is InChI=1S/C18H23N7/c1-11-6-7-21-17(8-11)22-14-9-16(20)24-25-10-15(23-18(14)25)12-2-4-13(19)5-3-12/h6-10,12-13H,2-5,19H2,1H3,(H2,20,24)(H,21,22). The van der Waals surface area contributed by atoms with Crippen molar-refractivity contribution in [2.45, 2.75) is 44.6 Å². The predicted octanol–water partition coefficient (Wildman–Crippen LogP) is 2.74. The molecule has 7 nitrogen and oxygen atoms in total. The first kappa shape index (κ1) is 15.8. The van der Waals surface area contributed by atoms with Gasteiger partial charge in [0.25, 0.3) is 0 Å². The summed E-state index contributed by atoms with van der Waals surface area (Å²) in [5.74, 6) is 1.64. The van der Waals surface area contributed by atoms with Gasteiger partial charge in [0.1, 0.15) is 11.6 Å². The molecule has 3 heterocycles. The molecule has 1 aliphatic rings. The minimum atomic E-state index is 0.326. The summed E-state index contributed by atoms with van der Waals surface area (Å²) in [6.45, 7) is 2.03. The first-order valence-electron chi connectivity index (χ1n) is 8.69. The monoisotopic (exact) mass is 337 g/mol. The highest BCUT2D eigenvalue weighted by molar-refractivity contribution is 5.74. The van der Waals surface area contributed by atoms with Crippen molar-refractivity contribution in [3.63, 3.8) is 0 Å². The zero-order chi connectivity index (χ0) is 17.4.